The maximum atomic E-state index is 11.6. The summed E-state index contributed by atoms with van der Waals surface area (Å²) in [5.41, 5.74) is 0.903. The smallest absolute Gasteiger partial charge is 0.243 e. The van der Waals surface area contributed by atoms with Crippen LogP contribution in [-0.4, -0.2) is 23.0 Å². The molecule has 96 valence electrons. The van der Waals surface area contributed by atoms with Gasteiger partial charge in [-0.25, -0.2) is 0 Å². The first kappa shape index (κ1) is 12.6. The van der Waals surface area contributed by atoms with Crippen LogP contribution in [0.2, 0.25) is 0 Å². The lowest BCUT2D eigenvalue weighted by molar-refractivity contribution is -0.134. The Balaban J connectivity index is 2.01. The van der Waals surface area contributed by atoms with Gasteiger partial charge in [0.2, 0.25) is 11.8 Å². The predicted octanol–water partition coefficient (Wildman–Crippen LogP) is 0.848. The van der Waals surface area contributed by atoms with Crippen molar-refractivity contribution < 1.29 is 14.7 Å². The Morgan fingerprint density at radius 2 is 2.22 bits per heavy atom. The van der Waals surface area contributed by atoms with Crippen LogP contribution in [0.5, 0.6) is 5.75 Å². The Labute approximate surface area is 105 Å². The molecule has 0 bridgehead atoms. The standard InChI is InChI=1S/C13H16N2O3/c1-8(9-3-2-4-10(16)7-9)14-11-5-6-12(17)15-13(11)18/h2-4,7-8,11,14,16H,5-6H2,1H3,(H,15,17,18). The molecule has 2 amide bonds. The molecule has 2 unspecified atom stereocenters. The summed E-state index contributed by atoms with van der Waals surface area (Å²) >= 11 is 0. The summed E-state index contributed by atoms with van der Waals surface area (Å²) in [4.78, 5) is 22.6. The fourth-order valence-corrected chi connectivity index (χ4v) is 2.04. The second-order valence-electron chi connectivity index (χ2n) is 4.49. The number of rotatable bonds is 3. The van der Waals surface area contributed by atoms with Crippen molar-refractivity contribution in [2.75, 3.05) is 0 Å². The minimum atomic E-state index is -0.361. The van der Waals surface area contributed by atoms with E-state index in [0.717, 1.165) is 5.56 Å². The van der Waals surface area contributed by atoms with E-state index in [4.69, 9.17) is 0 Å². The largest absolute Gasteiger partial charge is 0.508 e. The van der Waals surface area contributed by atoms with Gasteiger partial charge in [-0.2, -0.15) is 0 Å². The Kier molecular flexibility index (Phi) is 3.62. The minimum absolute atomic E-state index is 0.0685. The van der Waals surface area contributed by atoms with E-state index in [1.54, 1.807) is 18.2 Å². The highest BCUT2D eigenvalue weighted by Crippen LogP contribution is 2.19. The number of benzene rings is 1. The van der Waals surface area contributed by atoms with E-state index in [1.807, 2.05) is 13.0 Å². The van der Waals surface area contributed by atoms with Crippen molar-refractivity contribution in [3.8, 4) is 5.75 Å². The van der Waals surface area contributed by atoms with Crippen molar-refractivity contribution in [3.63, 3.8) is 0 Å². The van der Waals surface area contributed by atoms with Crippen molar-refractivity contribution >= 4 is 11.8 Å². The molecule has 0 aromatic heterocycles. The van der Waals surface area contributed by atoms with E-state index in [9.17, 15) is 14.7 Å². The second kappa shape index (κ2) is 5.18. The molecule has 1 saturated heterocycles. The first-order valence-electron chi connectivity index (χ1n) is 5.95. The molecule has 1 fully saturated rings. The van der Waals surface area contributed by atoms with E-state index in [0.29, 0.717) is 12.8 Å². The predicted molar refractivity (Wildman–Crippen MR) is 65.8 cm³/mol. The highest BCUT2D eigenvalue weighted by molar-refractivity contribution is 6.00. The van der Waals surface area contributed by atoms with Gasteiger partial charge in [-0.1, -0.05) is 12.1 Å². The molecule has 0 aliphatic carbocycles. The van der Waals surface area contributed by atoms with Gasteiger partial charge in [-0.3, -0.25) is 20.2 Å². The average Bonchev–Trinajstić information content (AvgIpc) is 2.32. The summed E-state index contributed by atoms with van der Waals surface area (Å²) in [5, 5.41) is 14.9. The molecule has 1 aromatic carbocycles. The van der Waals surface area contributed by atoms with Crippen LogP contribution in [0.3, 0.4) is 0 Å². The fraction of sp³-hybridized carbons (Fsp3) is 0.385. The number of imide groups is 1. The number of hydrogen-bond donors (Lipinski definition) is 3. The molecule has 1 heterocycles. The molecule has 0 spiro atoms. The number of carbonyl (C=O) groups is 2. The quantitative estimate of drug-likeness (QED) is 0.693. The van der Waals surface area contributed by atoms with Gasteiger partial charge in [0.05, 0.1) is 6.04 Å². The van der Waals surface area contributed by atoms with Gasteiger partial charge in [0.25, 0.3) is 0 Å². The average molecular weight is 248 g/mol. The topological polar surface area (TPSA) is 78.4 Å². The van der Waals surface area contributed by atoms with Crippen LogP contribution in [0, 0.1) is 0 Å². The van der Waals surface area contributed by atoms with Gasteiger partial charge < -0.3 is 5.11 Å². The number of amides is 2. The molecule has 18 heavy (non-hydrogen) atoms. The van der Waals surface area contributed by atoms with Gasteiger partial charge in [0.15, 0.2) is 0 Å². The maximum Gasteiger partial charge on any atom is 0.243 e. The van der Waals surface area contributed by atoms with Crippen molar-refractivity contribution in [1.82, 2.24) is 10.6 Å². The zero-order chi connectivity index (χ0) is 13.1. The van der Waals surface area contributed by atoms with Gasteiger partial charge >= 0.3 is 0 Å². The molecular weight excluding hydrogens is 232 g/mol. The van der Waals surface area contributed by atoms with Crippen LogP contribution >= 0.6 is 0 Å². The van der Waals surface area contributed by atoms with Crippen LogP contribution in [0.15, 0.2) is 24.3 Å². The lowest BCUT2D eigenvalue weighted by Crippen LogP contribution is -2.51. The second-order valence-corrected chi connectivity index (χ2v) is 4.49. The number of carbonyl (C=O) groups excluding carboxylic acids is 2. The van der Waals surface area contributed by atoms with Crippen molar-refractivity contribution in [2.45, 2.75) is 31.8 Å². The maximum absolute atomic E-state index is 11.6. The highest BCUT2D eigenvalue weighted by Gasteiger charge is 2.27. The van der Waals surface area contributed by atoms with Crippen LogP contribution in [0.25, 0.3) is 0 Å². The fourth-order valence-electron chi connectivity index (χ4n) is 2.04. The molecule has 1 aromatic rings. The Morgan fingerprint density at radius 1 is 1.44 bits per heavy atom. The monoisotopic (exact) mass is 248 g/mol. The third-order valence-electron chi connectivity index (χ3n) is 3.06. The first-order valence-corrected chi connectivity index (χ1v) is 5.95. The lowest BCUT2D eigenvalue weighted by atomic mass is 10.0. The third-order valence-corrected chi connectivity index (χ3v) is 3.06. The van der Waals surface area contributed by atoms with Gasteiger partial charge in [0.1, 0.15) is 5.75 Å². The van der Waals surface area contributed by atoms with Crippen LogP contribution < -0.4 is 10.6 Å². The van der Waals surface area contributed by atoms with Gasteiger partial charge in [-0.15, -0.1) is 0 Å². The van der Waals surface area contributed by atoms with Crippen molar-refractivity contribution in [2.24, 2.45) is 0 Å². The number of piperidine rings is 1. The van der Waals surface area contributed by atoms with Crippen LogP contribution in [0.4, 0.5) is 0 Å². The number of phenolic OH excluding ortho intramolecular Hbond substituents is 1. The number of phenols is 1. The van der Waals surface area contributed by atoms with Gasteiger partial charge in [0, 0.05) is 12.5 Å². The van der Waals surface area contributed by atoms with Crippen molar-refractivity contribution in [3.05, 3.63) is 29.8 Å². The summed E-state index contributed by atoms with van der Waals surface area (Å²) in [5.74, 6) is -0.300. The zero-order valence-electron chi connectivity index (χ0n) is 10.1. The summed E-state index contributed by atoms with van der Waals surface area (Å²) in [6.45, 7) is 1.92. The summed E-state index contributed by atoms with van der Waals surface area (Å²) < 4.78 is 0. The molecule has 1 aliphatic heterocycles. The molecule has 5 nitrogen and oxygen atoms in total. The molecule has 5 heteroatoms. The summed E-state index contributed by atoms with van der Waals surface area (Å²) in [6.07, 6.45) is 0.865. The molecule has 2 atom stereocenters. The molecule has 1 aliphatic rings. The van der Waals surface area contributed by atoms with E-state index >= 15 is 0 Å². The number of nitrogens with one attached hydrogen (secondary N) is 2. The lowest BCUT2D eigenvalue weighted by Gasteiger charge is -2.25. The SMILES string of the molecule is CC(NC1CCC(=O)NC1=O)c1cccc(O)c1. The summed E-state index contributed by atoms with van der Waals surface area (Å²) in [7, 11) is 0. The summed E-state index contributed by atoms with van der Waals surface area (Å²) in [6, 6.07) is 6.46. The Hall–Kier alpha value is -1.88. The third kappa shape index (κ3) is 2.87. The zero-order valence-corrected chi connectivity index (χ0v) is 10.1. The molecule has 3 N–H and O–H groups in total. The minimum Gasteiger partial charge on any atom is -0.508 e. The number of aromatic hydroxyl groups is 1. The normalized spacial score (nSPS) is 21.5. The van der Waals surface area contributed by atoms with E-state index in [2.05, 4.69) is 10.6 Å². The van der Waals surface area contributed by atoms with Gasteiger partial charge in [-0.05, 0) is 31.0 Å². The van der Waals surface area contributed by atoms with Crippen LogP contribution in [0.1, 0.15) is 31.4 Å². The first-order chi connectivity index (χ1) is 8.56. The molecular formula is C13H16N2O3. The molecule has 0 radical (unpaired) electrons. The molecule has 0 saturated carbocycles. The van der Waals surface area contributed by atoms with Crippen molar-refractivity contribution in [1.29, 1.82) is 0 Å². The Morgan fingerprint density at radius 3 is 2.89 bits per heavy atom. The van der Waals surface area contributed by atoms with E-state index in [1.165, 1.54) is 0 Å². The molecule has 2 rings (SSSR count). The highest BCUT2D eigenvalue weighted by atomic mass is 16.3. The van der Waals surface area contributed by atoms with E-state index < -0.39 is 0 Å². The Bertz CT molecular complexity index is 473. The van der Waals surface area contributed by atoms with Crippen LogP contribution in [-0.2, 0) is 9.59 Å². The number of hydrogen-bond acceptors (Lipinski definition) is 4. The van der Waals surface area contributed by atoms with E-state index in [-0.39, 0.29) is 29.6 Å².